The number of rotatable bonds is 4. The highest BCUT2D eigenvalue weighted by Gasteiger charge is 2.18. The Labute approximate surface area is 141 Å². The second-order valence-electron chi connectivity index (χ2n) is 6.14. The van der Waals surface area contributed by atoms with E-state index in [9.17, 15) is 4.79 Å². The van der Waals surface area contributed by atoms with E-state index in [2.05, 4.69) is 10.4 Å². The minimum absolute atomic E-state index is 0.0170. The van der Waals surface area contributed by atoms with Gasteiger partial charge in [-0.25, -0.2) is 0 Å². The van der Waals surface area contributed by atoms with Crippen molar-refractivity contribution in [1.29, 1.82) is 0 Å². The first kappa shape index (κ1) is 16.4. The molecule has 0 saturated carbocycles. The molecule has 2 aromatic rings. The van der Waals surface area contributed by atoms with Gasteiger partial charge < -0.3 is 14.8 Å². The summed E-state index contributed by atoms with van der Waals surface area (Å²) in [4.78, 5) is 12.4. The van der Waals surface area contributed by atoms with Crippen LogP contribution < -0.4 is 14.8 Å². The summed E-state index contributed by atoms with van der Waals surface area (Å²) < 4.78 is 12.9. The van der Waals surface area contributed by atoms with Gasteiger partial charge in [-0.15, -0.1) is 0 Å². The Kier molecular flexibility index (Phi) is 4.46. The number of aryl methyl sites for hydroxylation is 2. The van der Waals surface area contributed by atoms with Crippen LogP contribution in [0.25, 0.3) is 0 Å². The molecule has 24 heavy (non-hydrogen) atoms. The van der Waals surface area contributed by atoms with Gasteiger partial charge in [0.05, 0.1) is 18.2 Å². The van der Waals surface area contributed by atoms with E-state index in [-0.39, 0.29) is 11.9 Å². The molecule has 0 unspecified atom stereocenters. The molecule has 2 heterocycles. The van der Waals surface area contributed by atoms with Crippen molar-refractivity contribution < 1.29 is 14.3 Å². The largest absolute Gasteiger partial charge is 0.486 e. The number of fused-ring (bicyclic) bond motifs is 1. The number of hydrogen-bond donors (Lipinski definition) is 1. The van der Waals surface area contributed by atoms with Gasteiger partial charge in [-0.3, -0.25) is 9.48 Å². The summed E-state index contributed by atoms with van der Waals surface area (Å²) in [6.07, 6.45) is 0.334. The number of nitrogens with one attached hydrogen (secondary N) is 1. The van der Waals surface area contributed by atoms with Crippen molar-refractivity contribution >= 4 is 5.91 Å². The van der Waals surface area contributed by atoms with Crippen LogP contribution in [0.15, 0.2) is 18.2 Å². The summed E-state index contributed by atoms with van der Waals surface area (Å²) >= 11 is 0. The van der Waals surface area contributed by atoms with Gasteiger partial charge in [0.2, 0.25) is 5.91 Å². The highest BCUT2D eigenvalue weighted by molar-refractivity contribution is 5.79. The number of carbonyl (C=O) groups is 1. The summed E-state index contributed by atoms with van der Waals surface area (Å²) in [5.41, 5.74) is 3.91. The molecule has 1 aliphatic heterocycles. The third kappa shape index (κ3) is 3.22. The van der Waals surface area contributed by atoms with Crippen molar-refractivity contribution in [2.45, 2.75) is 33.2 Å². The molecule has 0 aliphatic carbocycles. The topological polar surface area (TPSA) is 65.4 Å². The second-order valence-corrected chi connectivity index (χ2v) is 6.14. The Bertz CT molecular complexity index is 767. The molecule has 0 bridgehead atoms. The summed E-state index contributed by atoms with van der Waals surface area (Å²) in [7, 11) is 1.89. The van der Waals surface area contributed by atoms with E-state index < -0.39 is 0 Å². The molecule has 6 heteroatoms. The number of carbonyl (C=O) groups excluding carboxylic acids is 1. The Morgan fingerprint density at radius 2 is 2.00 bits per heavy atom. The van der Waals surface area contributed by atoms with Crippen molar-refractivity contribution in [3.63, 3.8) is 0 Å². The van der Waals surface area contributed by atoms with Crippen LogP contribution in [0, 0.1) is 13.8 Å². The molecule has 1 aromatic carbocycles. The van der Waals surface area contributed by atoms with Crippen LogP contribution in [0.4, 0.5) is 0 Å². The van der Waals surface area contributed by atoms with Crippen LogP contribution in [0.1, 0.15) is 35.5 Å². The molecule has 1 N–H and O–H groups in total. The molecular weight excluding hydrogens is 306 g/mol. The molecule has 128 valence electrons. The maximum absolute atomic E-state index is 12.4. The van der Waals surface area contributed by atoms with Crippen LogP contribution in [-0.4, -0.2) is 28.9 Å². The molecular formula is C18H23N3O3. The molecule has 1 aliphatic rings. The fraction of sp³-hybridized carbons (Fsp3) is 0.444. The lowest BCUT2D eigenvalue weighted by molar-refractivity contribution is -0.121. The molecule has 0 spiro atoms. The fourth-order valence-electron chi connectivity index (χ4n) is 2.94. The Morgan fingerprint density at radius 3 is 2.67 bits per heavy atom. The van der Waals surface area contributed by atoms with Gasteiger partial charge in [-0.05, 0) is 38.5 Å². The Balaban J connectivity index is 1.68. The van der Waals surface area contributed by atoms with E-state index in [1.165, 1.54) is 0 Å². The zero-order chi connectivity index (χ0) is 17.3. The van der Waals surface area contributed by atoms with Crippen molar-refractivity contribution in [3.05, 3.63) is 40.7 Å². The molecule has 1 atom stereocenters. The van der Waals surface area contributed by atoms with Gasteiger partial charge >= 0.3 is 0 Å². The van der Waals surface area contributed by atoms with Gasteiger partial charge in [-0.1, -0.05) is 6.07 Å². The van der Waals surface area contributed by atoms with E-state index in [1.54, 1.807) is 0 Å². The van der Waals surface area contributed by atoms with Crippen LogP contribution in [0.2, 0.25) is 0 Å². The van der Waals surface area contributed by atoms with Gasteiger partial charge in [0.1, 0.15) is 13.2 Å². The minimum Gasteiger partial charge on any atom is -0.486 e. The van der Waals surface area contributed by atoms with Crippen molar-refractivity contribution in [3.8, 4) is 11.5 Å². The zero-order valence-corrected chi connectivity index (χ0v) is 14.5. The van der Waals surface area contributed by atoms with Crippen LogP contribution >= 0.6 is 0 Å². The lowest BCUT2D eigenvalue weighted by atomic mass is 10.1. The fourth-order valence-corrected chi connectivity index (χ4v) is 2.94. The van der Waals surface area contributed by atoms with Crippen LogP contribution in [-0.2, 0) is 18.3 Å². The molecule has 0 radical (unpaired) electrons. The molecule has 0 saturated heterocycles. The van der Waals surface area contributed by atoms with Gasteiger partial charge in [0, 0.05) is 18.3 Å². The number of amides is 1. The molecule has 6 nitrogen and oxygen atoms in total. The predicted molar refractivity (Wildman–Crippen MR) is 90.4 cm³/mol. The lowest BCUT2D eigenvalue weighted by Gasteiger charge is -2.21. The SMILES string of the molecule is Cc1nn(C)c(C)c1CC(=O)N[C@H](C)c1ccc2c(c1)OCCO2. The average molecular weight is 329 g/mol. The van der Waals surface area contributed by atoms with Crippen molar-refractivity contribution in [2.75, 3.05) is 13.2 Å². The smallest absolute Gasteiger partial charge is 0.225 e. The average Bonchev–Trinajstić information content (AvgIpc) is 2.80. The standard InChI is InChI=1S/C18H23N3O3/c1-11(14-5-6-16-17(9-14)24-8-7-23-16)19-18(22)10-15-12(2)20-21(4)13(15)3/h5-6,9,11H,7-8,10H2,1-4H3,(H,19,22)/t11-/m1/s1. The first-order chi connectivity index (χ1) is 11.5. The van der Waals surface area contributed by atoms with Crippen LogP contribution in [0.3, 0.4) is 0 Å². The first-order valence-corrected chi connectivity index (χ1v) is 8.13. The number of aromatic nitrogens is 2. The van der Waals surface area contributed by atoms with Crippen LogP contribution in [0.5, 0.6) is 11.5 Å². The normalized spacial score (nSPS) is 14.3. The Hall–Kier alpha value is -2.50. The summed E-state index contributed by atoms with van der Waals surface area (Å²) in [6.45, 7) is 7.00. The molecule has 1 aromatic heterocycles. The number of nitrogens with zero attached hydrogens (tertiary/aromatic N) is 2. The second kappa shape index (κ2) is 6.55. The quantitative estimate of drug-likeness (QED) is 0.934. The van der Waals surface area contributed by atoms with E-state index in [1.807, 2.05) is 50.7 Å². The number of ether oxygens (including phenoxy) is 2. The predicted octanol–water partition coefficient (Wildman–Crippen LogP) is 2.23. The van der Waals surface area contributed by atoms with Gasteiger partial charge in [0.25, 0.3) is 0 Å². The van der Waals surface area contributed by atoms with E-state index in [4.69, 9.17) is 9.47 Å². The summed E-state index contributed by atoms with van der Waals surface area (Å²) in [5, 5.41) is 7.40. The molecule has 3 rings (SSSR count). The molecule has 0 fully saturated rings. The van der Waals surface area contributed by atoms with Crippen molar-refractivity contribution in [1.82, 2.24) is 15.1 Å². The van der Waals surface area contributed by atoms with Gasteiger partial charge in [0.15, 0.2) is 11.5 Å². The number of benzene rings is 1. The third-order valence-electron chi connectivity index (χ3n) is 4.44. The highest BCUT2D eigenvalue weighted by Crippen LogP contribution is 2.32. The lowest BCUT2D eigenvalue weighted by Crippen LogP contribution is -2.28. The van der Waals surface area contributed by atoms with E-state index in [0.29, 0.717) is 19.6 Å². The first-order valence-electron chi connectivity index (χ1n) is 8.13. The minimum atomic E-state index is -0.106. The summed E-state index contributed by atoms with van der Waals surface area (Å²) in [6, 6.07) is 5.67. The molecule has 1 amide bonds. The van der Waals surface area contributed by atoms with Gasteiger partial charge in [-0.2, -0.15) is 5.10 Å². The maximum atomic E-state index is 12.4. The van der Waals surface area contributed by atoms with Crippen molar-refractivity contribution in [2.24, 2.45) is 7.05 Å². The Morgan fingerprint density at radius 1 is 1.29 bits per heavy atom. The monoisotopic (exact) mass is 329 g/mol. The van der Waals surface area contributed by atoms with E-state index in [0.717, 1.165) is 34.0 Å². The maximum Gasteiger partial charge on any atom is 0.225 e. The number of hydrogen-bond acceptors (Lipinski definition) is 4. The zero-order valence-electron chi connectivity index (χ0n) is 14.5. The summed E-state index contributed by atoms with van der Waals surface area (Å²) in [5.74, 6) is 1.47. The third-order valence-corrected chi connectivity index (χ3v) is 4.44. The highest BCUT2D eigenvalue weighted by atomic mass is 16.6. The van der Waals surface area contributed by atoms with E-state index >= 15 is 0 Å².